The van der Waals surface area contributed by atoms with E-state index in [4.69, 9.17) is 18.9 Å². The van der Waals surface area contributed by atoms with Gasteiger partial charge in [-0.2, -0.15) is 0 Å². The summed E-state index contributed by atoms with van der Waals surface area (Å²) >= 11 is 0. The number of aliphatic hydroxyl groups is 1. The summed E-state index contributed by atoms with van der Waals surface area (Å²) in [4.78, 5) is 36.2. The molecule has 1 N–H and O–H groups in total. The Labute approximate surface area is 161 Å². The number of carbonyl (C=O) groups is 3. The van der Waals surface area contributed by atoms with Crippen molar-refractivity contribution < 1.29 is 38.4 Å². The van der Waals surface area contributed by atoms with Crippen LogP contribution in [0.15, 0.2) is 35.5 Å². The largest absolute Gasteiger partial charge is 0.458 e. The van der Waals surface area contributed by atoms with E-state index >= 15 is 0 Å². The zero-order chi connectivity index (χ0) is 20.2. The van der Waals surface area contributed by atoms with Gasteiger partial charge in [0.15, 0.2) is 0 Å². The lowest BCUT2D eigenvalue weighted by Gasteiger charge is -2.28. The van der Waals surface area contributed by atoms with Gasteiger partial charge in [-0.15, -0.1) is 0 Å². The number of fused-ring (bicyclic) bond motifs is 4. The van der Waals surface area contributed by atoms with E-state index in [-0.39, 0.29) is 29.5 Å². The highest BCUT2D eigenvalue weighted by Crippen LogP contribution is 2.53. The molecule has 4 aliphatic rings. The standard InChI is InChI=1S/C20H22O8/c1-4-10(7-21)19(24)26-13-6-20(3)17(28-20)16-15(27-16)11(8-22)5-12-14(13)9(2)18(23)25-12/h4-5,8,12-17,21H,2,6-7H2,1,3H3/b10-4+,11-5+. The highest BCUT2D eigenvalue weighted by molar-refractivity contribution is 5.92. The number of ether oxygens (including phenoxy) is 4. The maximum absolute atomic E-state index is 12.5. The molecule has 0 aromatic heterocycles. The number of carbonyl (C=O) groups excluding carboxylic acids is 3. The second-order valence-electron chi connectivity index (χ2n) is 7.70. The van der Waals surface area contributed by atoms with Gasteiger partial charge in [-0.05, 0) is 19.9 Å². The molecule has 28 heavy (non-hydrogen) atoms. The topological polar surface area (TPSA) is 115 Å². The third-order valence-corrected chi connectivity index (χ3v) is 5.89. The Morgan fingerprint density at radius 2 is 2.25 bits per heavy atom. The summed E-state index contributed by atoms with van der Waals surface area (Å²) in [6.45, 7) is 6.84. The molecule has 3 fully saturated rings. The number of hydrogen-bond donors (Lipinski definition) is 1. The van der Waals surface area contributed by atoms with Crippen LogP contribution in [0.3, 0.4) is 0 Å². The van der Waals surface area contributed by atoms with Crippen molar-refractivity contribution in [1.82, 2.24) is 0 Å². The molecule has 0 bridgehead atoms. The molecular formula is C20H22O8. The molecule has 0 spiro atoms. The third kappa shape index (κ3) is 3.01. The Balaban J connectivity index is 1.71. The summed E-state index contributed by atoms with van der Waals surface area (Å²) in [5.41, 5.74) is 0.0287. The molecule has 0 radical (unpaired) electrons. The number of esters is 2. The Morgan fingerprint density at radius 1 is 1.50 bits per heavy atom. The lowest BCUT2D eigenvalue weighted by Crippen LogP contribution is -2.38. The Bertz CT molecular complexity index is 811. The summed E-state index contributed by atoms with van der Waals surface area (Å²) in [5, 5.41) is 9.35. The molecule has 3 saturated heterocycles. The maximum Gasteiger partial charge on any atom is 0.336 e. The van der Waals surface area contributed by atoms with Crippen molar-refractivity contribution in [2.45, 2.75) is 56.4 Å². The van der Waals surface area contributed by atoms with Crippen LogP contribution in [0.4, 0.5) is 0 Å². The maximum atomic E-state index is 12.5. The van der Waals surface area contributed by atoms with Crippen molar-refractivity contribution in [3.63, 3.8) is 0 Å². The zero-order valence-electron chi connectivity index (χ0n) is 15.6. The smallest absolute Gasteiger partial charge is 0.336 e. The van der Waals surface area contributed by atoms with E-state index in [1.165, 1.54) is 6.08 Å². The number of epoxide rings is 2. The fourth-order valence-electron chi connectivity index (χ4n) is 4.16. The van der Waals surface area contributed by atoms with E-state index in [0.29, 0.717) is 18.3 Å². The highest BCUT2D eigenvalue weighted by Gasteiger charge is 2.67. The van der Waals surface area contributed by atoms with Crippen LogP contribution in [-0.2, 0) is 33.3 Å². The minimum absolute atomic E-state index is 0.109. The number of aliphatic hydroxyl groups excluding tert-OH is 1. The van der Waals surface area contributed by atoms with Crippen LogP contribution in [0.1, 0.15) is 20.3 Å². The Hall–Kier alpha value is -2.29. The van der Waals surface area contributed by atoms with Crippen LogP contribution in [0.25, 0.3) is 0 Å². The van der Waals surface area contributed by atoms with Gasteiger partial charge < -0.3 is 24.1 Å². The second kappa shape index (κ2) is 6.65. The zero-order valence-corrected chi connectivity index (χ0v) is 15.6. The molecular weight excluding hydrogens is 368 g/mol. The Kier molecular flexibility index (Phi) is 4.52. The van der Waals surface area contributed by atoms with Gasteiger partial charge >= 0.3 is 11.9 Å². The van der Waals surface area contributed by atoms with E-state index in [0.717, 1.165) is 0 Å². The van der Waals surface area contributed by atoms with Gasteiger partial charge in [0.25, 0.3) is 0 Å². The van der Waals surface area contributed by atoms with Crippen molar-refractivity contribution in [3.05, 3.63) is 35.5 Å². The van der Waals surface area contributed by atoms with Gasteiger partial charge in [0.2, 0.25) is 0 Å². The molecule has 3 aliphatic heterocycles. The first kappa shape index (κ1) is 19.0. The predicted molar refractivity (Wildman–Crippen MR) is 93.9 cm³/mol. The van der Waals surface area contributed by atoms with Crippen molar-refractivity contribution >= 4 is 18.2 Å². The third-order valence-electron chi connectivity index (χ3n) is 5.89. The Morgan fingerprint density at radius 3 is 2.89 bits per heavy atom. The van der Waals surface area contributed by atoms with Crippen LogP contribution in [0, 0.1) is 5.92 Å². The summed E-state index contributed by atoms with van der Waals surface area (Å²) in [7, 11) is 0. The molecule has 8 heteroatoms. The molecule has 150 valence electrons. The lowest BCUT2D eigenvalue weighted by atomic mass is 9.82. The van der Waals surface area contributed by atoms with E-state index in [9.17, 15) is 19.5 Å². The molecule has 0 saturated carbocycles. The normalized spacial score (nSPS) is 43.5. The van der Waals surface area contributed by atoms with Gasteiger partial charge in [0, 0.05) is 17.6 Å². The number of allylic oxidation sites excluding steroid dienone is 1. The van der Waals surface area contributed by atoms with E-state index < -0.39 is 42.3 Å². The SMILES string of the molecule is C=C1C(=O)OC2/C=C(\C=O)C3OC3C3OC3(C)CC(OC(=O)/C(=C/C)CO)C12. The molecule has 0 aromatic carbocycles. The van der Waals surface area contributed by atoms with Crippen LogP contribution >= 0.6 is 0 Å². The molecule has 0 aromatic rings. The summed E-state index contributed by atoms with van der Waals surface area (Å²) in [6, 6.07) is 0. The van der Waals surface area contributed by atoms with Gasteiger partial charge in [-0.3, -0.25) is 4.79 Å². The molecule has 4 rings (SSSR count). The van der Waals surface area contributed by atoms with Gasteiger partial charge in [0.1, 0.15) is 36.8 Å². The minimum atomic E-state index is -0.801. The fraction of sp³-hybridized carbons (Fsp3) is 0.550. The quantitative estimate of drug-likeness (QED) is 0.317. The van der Waals surface area contributed by atoms with Crippen molar-refractivity contribution in [1.29, 1.82) is 0 Å². The lowest BCUT2D eigenvalue weighted by molar-refractivity contribution is -0.149. The van der Waals surface area contributed by atoms with Crippen LogP contribution in [-0.4, -0.2) is 66.1 Å². The van der Waals surface area contributed by atoms with Gasteiger partial charge in [0.05, 0.1) is 23.7 Å². The first-order chi connectivity index (χ1) is 13.3. The molecule has 3 heterocycles. The number of rotatable bonds is 4. The fourth-order valence-corrected chi connectivity index (χ4v) is 4.16. The molecule has 8 nitrogen and oxygen atoms in total. The highest BCUT2D eigenvalue weighted by atomic mass is 16.7. The van der Waals surface area contributed by atoms with Crippen LogP contribution in [0.2, 0.25) is 0 Å². The van der Waals surface area contributed by atoms with Gasteiger partial charge in [-0.25, -0.2) is 9.59 Å². The number of hydrogen-bond acceptors (Lipinski definition) is 8. The summed E-state index contributed by atoms with van der Waals surface area (Å²) in [5.74, 6) is -1.95. The van der Waals surface area contributed by atoms with E-state index in [1.807, 2.05) is 6.92 Å². The average Bonchev–Trinajstić information content (AvgIpc) is 3.53. The van der Waals surface area contributed by atoms with Crippen molar-refractivity contribution in [2.75, 3.05) is 6.61 Å². The molecule has 0 amide bonds. The van der Waals surface area contributed by atoms with Crippen LogP contribution in [0.5, 0.6) is 0 Å². The van der Waals surface area contributed by atoms with E-state index in [1.54, 1.807) is 13.0 Å². The molecule has 7 atom stereocenters. The van der Waals surface area contributed by atoms with Crippen molar-refractivity contribution in [2.24, 2.45) is 5.92 Å². The second-order valence-corrected chi connectivity index (χ2v) is 7.70. The average molecular weight is 390 g/mol. The predicted octanol–water partition coefficient (Wildman–Crippen LogP) is 0.388. The van der Waals surface area contributed by atoms with E-state index in [2.05, 4.69) is 6.58 Å². The van der Waals surface area contributed by atoms with Crippen molar-refractivity contribution in [3.8, 4) is 0 Å². The summed E-state index contributed by atoms with van der Waals surface area (Å²) in [6.07, 6.45) is 1.55. The van der Waals surface area contributed by atoms with Gasteiger partial charge in [-0.1, -0.05) is 12.7 Å². The van der Waals surface area contributed by atoms with Crippen LogP contribution < -0.4 is 0 Å². The first-order valence-corrected chi connectivity index (χ1v) is 9.20. The molecule has 7 unspecified atom stereocenters. The minimum Gasteiger partial charge on any atom is -0.458 e. The summed E-state index contributed by atoms with van der Waals surface area (Å²) < 4.78 is 22.5. The molecule has 1 aliphatic carbocycles. The monoisotopic (exact) mass is 390 g/mol. The first-order valence-electron chi connectivity index (χ1n) is 9.20. The number of aldehydes is 1.